The van der Waals surface area contributed by atoms with E-state index in [-0.39, 0.29) is 0 Å². The first kappa shape index (κ1) is 15.3. The fourth-order valence-corrected chi connectivity index (χ4v) is 4.38. The molecule has 0 saturated carbocycles. The van der Waals surface area contributed by atoms with Gasteiger partial charge in [0.15, 0.2) is 0 Å². The molecular weight excluding hydrogens is 284 g/mol. The maximum atomic E-state index is 6.30. The number of nitrogens with zero attached hydrogens (tertiary/aromatic N) is 2. The van der Waals surface area contributed by atoms with E-state index in [4.69, 9.17) is 16.3 Å². The first-order chi connectivity index (χ1) is 10.1. The average Bonchev–Trinajstić information content (AvgIpc) is 2.98. The van der Waals surface area contributed by atoms with Gasteiger partial charge in [0.25, 0.3) is 0 Å². The summed E-state index contributed by atoms with van der Waals surface area (Å²) in [6.45, 7) is 6.53. The summed E-state index contributed by atoms with van der Waals surface area (Å²) in [4.78, 5) is 5.02. The van der Waals surface area contributed by atoms with Gasteiger partial charge in [0.1, 0.15) is 0 Å². The summed E-state index contributed by atoms with van der Waals surface area (Å²) in [5, 5.41) is 0.885. The summed E-state index contributed by atoms with van der Waals surface area (Å²) < 4.78 is 5.47. The van der Waals surface area contributed by atoms with Gasteiger partial charge in [-0.05, 0) is 31.6 Å². The highest BCUT2D eigenvalue weighted by Gasteiger charge is 2.49. The predicted molar refractivity (Wildman–Crippen MR) is 86.6 cm³/mol. The van der Waals surface area contributed by atoms with Crippen molar-refractivity contribution in [1.82, 2.24) is 9.80 Å². The van der Waals surface area contributed by atoms with Crippen LogP contribution in [0.4, 0.5) is 0 Å². The van der Waals surface area contributed by atoms with Crippen molar-refractivity contribution in [3.63, 3.8) is 0 Å². The van der Waals surface area contributed by atoms with E-state index in [9.17, 15) is 0 Å². The fourth-order valence-electron chi connectivity index (χ4n) is 4.18. The molecule has 0 radical (unpaired) electrons. The fraction of sp³-hybridized carbons (Fsp3) is 0.647. The number of hydrogen-bond donors (Lipinski definition) is 0. The molecule has 4 heteroatoms. The Hall–Kier alpha value is -0.610. The number of likely N-dealkylation sites (tertiary alicyclic amines) is 2. The third kappa shape index (κ3) is 3.11. The highest BCUT2D eigenvalue weighted by molar-refractivity contribution is 6.31. The van der Waals surface area contributed by atoms with Crippen LogP contribution in [-0.4, -0.2) is 56.7 Å². The van der Waals surface area contributed by atoms with Crippen molar-refractivity contribution in [1.29, 1.82) is 0 Å². The lowest BCUT2D eigenvalue weighted by atomic mass is 9.77. The monoisotopic (exact) mass is 308 g/mol. The van der Waals surface area contributed by atoms with Gasteiger partial charge in [-0.3, -0.25) is 4.90 Å². The summed E-state index contributed by atoms with van der Waals surface area (Å²) in [6.07, 6.45) is 1.27. The highest BCUT2D eigenvalue weighted by Crippen LogP contribution is 2.44. The van der Waals surface area contributed by atoms with E-state index < -0.39 is 0 Å². The summed E-state index contributed by atoms with van der Waals surface area (Å²) in [7, 11) is 4.05. The molecule has 1 aromatic carbocycles. The number of methoxy groups -OCH3 is 1. The standard InChI is InChI=1S/C17H25ClN2O/c1-19-10-15(11-21-2)17(12-19)7-8-20(13-17)9-14-5-3-4-6-16(14)18/h3-6,15H,7-13H2,1-2H3/t15-,17+/m0/s1. The molecule has 0 aliphatic carbocycles. The molecule has 0 aromatic heterocycles. The second kappa shape index (κ2) is 6.25. The molecule has 2 saturated heterocycles. The van der Waals surface area contributed by atoms with Gasteiger partial charge in [-0.1, -0.05) is 29.8 Å². The number of rotatable bonds is 4. The zero-order valence-electron chi connectivity index (χ0n) is 13.0. The van der Waals surface area contributed by atoms with Gasteiger partial charge in [0, 0.05) is 49.6 Å². The number of benzene rings is 1. The maximum Gasteiger partial charge on any atom is 0.0509 e. The van der Waals surface area contributed by atoms with E-state index in [0.29, 0.717) is 11.3 Å². The molecule has 0 unspecified atom stereocenters. The molecule has 3 rings (SSSR count). The van der Waals surface area contributed by atoms with Crippen molar-refractivity contribution < 1.29 is 4.74 Å². The molecule has 2 atom stereocenters. The minimum Gasteiger partial charge on any atom is -0.384 e. The molecule has 21 heavy (non-hydrogen) atoms. The van der Waals surface area contributed by atoms with E-state index in [1.54, 1.807) is 0 Å². The average molecular weight is 309 g/mol. The van der Waals surface area contributed by atoms with Gasteiger partial charge >= 0.3 is 0 Å². The molecule has 3 nitrogen and oxygen atoms in total. The molecule has 2 aliphatic rings. The van der Waals surface area contributed by atoms with Crippen molar-refractivity contribution in [2.24, 2.45) is 11.3 Å². The Bertz CT molecular complexity index is 495. The van der Waals surface area contributed by atoms with E-state index in [1.165, 1.54) is 25.1 Å². The molecule has 116 valence electrons. The molecule has 2 heterocycles. The van der Waals surface area contributed by atoms with Crippen molar-refractivity contribution in [3.8, 4) is 0 Å². The van der Waals surface area contributed by atoms with Crippen molar-refractivity contribution in [2.75, 3.05) is 46.9 Å². The van der Waals surface area contributed by atoms with E-state index in [0.717, 1.165) is 31.3 Å². The lowest BCUT2D eigenvalue weighted by Gasteiger charge is -2.30. The number of ether oxygens (including phenoxy) is 1. The first-order valence-electron chi connectivity index (χ1n) is 7.76. The van der Waals surface area contributed by atoms with Gasteiger partial charge in [-0.15, -0.1) is 0 Å². The highest BCUT2D eigenvalue weighted by atomic mass is 35.5. The van der Waals surface area contributed by atoms with Crippen molar-refractivity contribution in [3.05, 3.63) is 34.9 Å². The molecule has 1 aromatic rings. The van der Waals surface area contributed by atoms with E-state index in [1.807, 2.05) is 19.2 Å². The predicted octanol–water partition coefficient (Wildman–Crippen LogP) is 2.74. The third-order valence-electron chi connectivity index (χ3n) is 5.17. The topological polar surface area (TPSA) is 15.7 Å². The van der Waals surface area contributed by atoms with Crippen LogP contribution in [0.2, 0.25) is 5.02 Å². The van der Waals surface area contributed by atoms with Crippen LogP contribution in [0.5, 0.6) is 0 Å². The normalized spacial score (nSPS) is 30.5. The second-order valence-corrected chi connectivity index (χ2v) is 7.17. The van der Waals surface area contributed by atoms with Gasteiger partial charge in [0.2, 0.25) is 0 Å². The Balaban J connectivity index is 1.68. The van der Waals surface area contributed by atoms with Crippen LogP contribution in [0.3, 0.4) is 0 Å². The van der Waals surface area contributed by atoms with Gasteiger partial charge in [0.05, 0.1) is 6.61 Å². The molecular formula is C17H25ClN2O. The SMILES string of the molecule is COC[C@@H]1CN(C)C[C@@]12CCN(Cc1ccccc1Cl)C2. The van der Waals surface area contributed by atoms with E-state index >= 15 is 0 Å². The van der Waals surface area contributed by atoms with Gasteiger partial charge < -0.3 is 9.64 Å². The van der Waals surface area contributed by atoms with Crippen LogP contribution in [0.25, 0.3) is 0 Å². The van der Waals surface area contributed by atoms with Crippen LogP contribution in [0, 0.1) is 11.3 Å². The third-order valence-corrected chi connectivity index (χ3v) is 5.54. The smallest absolute Gasteiger partial charge is 0.0509 e. The molecule has 0 amide bonds. The summed E-state index contributed by atoms with van der Waals surface area (Å²) in [5.41, 5.74) is 1.65. The number of hydrogen-bond acceptors (Lipinski definition) is 3. The largest absolute Gasteiger partial charge is 0.384 e. The van der Waals surface area contributed by atoms with Crippen molar-refractivity contribution in [2.45, 2.75) is 13.0 Å². The Kier molecular flexibility index (Phi) is 4.55. The minimum atomic E-state index is 0.409. The van der Waals surface area contributed by atoms with Crippen LogP contribution in [0.1, 0.15) is 12.0 Å². The summed E-state index contributed by atoms with van der Waals surface area (Å²) >= 11 is 6.30. The Labute approximate surface area is 132 Å². The maximum absolute atomic E-state index is 6.30. The van der Waals surface area contributed by atoms with Gasteiger partial charge in [-0.2, -0.15) is 0 Å². The lowest BCUT2D eigenvalue weighted by molar-refractivity contribution is 0.0959. The van der Waals surface area contributed by atoms with Crippen LogP contribution in [0.15, 0.2) is 24.3 Å². The molecule has 2 aliphatic heterocycles. The second-order valence-electron chi connectivity index (χ2n) is 6.76. The van der Waals surface area contributed by atoms with E-state index in [2.05, 4.69) is 29.0 Å². The first-order valence-corrected chi connectivity index (χ1v) is 8.14. The van der Waals surface area contributed by atoms with Crippen LogP contribution < -0.4 is 0 Å². The zero-order chi connectivity index (χ0) is 14.9. The molecule has 0 N–H and O–H groups in total. The van der Waals surface area contributed by atoms with Crippen molar-refractivity contribution >= 4 is 11.6 Å². The quantitative estimate of drug-likeness (QED) is 0.850. The Morgan fingerprint density at radius 3 is 2.90 bits per heavy atom. The molecule has 0 bridgehead atoms. The number of halogens is 1. The van der Waals surface area contributed by atoms with Crippen LogP contribution >= 0.6 is 11.6 Å². The Morgan fingerprint density at radius 2 is 2.14 bits per heavy atom. The van der Waals surface area contributed by atoms with Gasteiger partial charge in [-0.25, -0.2) is 0 Å². The lowest BCUT2D eigenvalue weighted by Crippen LogP contribution is -2.36. The summed E-state index contributed by atoms with van der Waals surface area (Å²) in [6, 6.07) is 8.20. The van der Waals surface area contributed by atoms with Crippen LogP contribution in [-0.2, 0) is 11.3 Å². The summed E-state index contributed by atoms with van der Waals surface area (Å²) in [5.74, 6) is 0.656. The minimum absolute atomic E-state index is 0.409. The Morgan fingerprint density at radius 1 is 1.33 bits per heavy atom. The zero-order valence-corrected chi connectivity index (χ0v) is 13.8. The molecule has 2 fully saturated rings. The molecule has 1 spiro atoms.